The van der Waals surface area contributed by atoms with Crippen molar-refractivity contribution in [3.63, 3.8) is 0 Å². The molecule has 100 valence electrons. The lowest BCUT2D eigenvalue weighted by Crippen LogP contribution is -2.05. The summed E-state index contributed by atoms with van der Waals surface area (Å²) in [5, 5.41) is 10.1. The van der Waals surface area contributed by atoms with Crippen molar-refractivity contribution in [1.82, 2.24) is 25.1 Å². The molecule has 0 spiro atoms. The smallest absolute Gasteiger partial charge is 0.223 e. The van der Waals surface area contributed by atoms with Crippen molar-refractivity contribution in [3.05, 3.63) is 54.2 Å². The van der Waals surface area contributed by atoms with E-state index in [9.17, 15) is 0 Å². The number of rotatable bonds is 4. The average Bonchev–Trinajstić information content (AvgIpc) is 2.93. The first kappa shape index (κ1) is 12.3. The maximum Gasteiger partial charge on any atom is 0.223 e. The van der Waals surface area contributed by atoms with E-state index in [2.05, 4.69) is 30.5 Å². The minimum absolute atomic E-state index is 0.578. The first-order valence-electron chi connectivity index (χ1n) is 6.30. The van der Waals surface area contributed by atoms with Gasteiger partial charge in [-0.15, -0.1) is 0 Å². The molecule has 0 amide bonds. The summed E-state index contributed by atoms with van der Waals surface area (Å²) in [7, 11) is 0. The monoisotopic (exact) mass is 266 g/mol. The Morgan fingerprint density at radius 3 is 2.85 bits per heavy atom. The molecule has 3 aromatic rings. The van der Waals surface area contributed by atoms with Crippen molar-refractivity contribution in [2.75, 3.05) is 5.32 Å². The first-order valence-corrected chi connectivity index (χ1v) is 6.30. The Morgan fingerprint density at radius 1 is 1.15 bits per heavy atom. The highest BCUT2D eigenvalue weighted by Crippen LogP contribution is 2.19. The standard InChI is InChI=1S/C14H14N6/c1-10-12(9-18-20-10)13-5-7-16-14(19-13)17-8-11-4-2-3-6-15-11/h2-7,9H,8H2,1H3,(H,18,20)(H,16,17,19). The van der Waals surface area contributed by atoms with Gasteiger partial charge >= 0.3 is 0 Å². The summed E-state index contributed by atoms with van der Waals surface area (Å²) >= 11 is 0. The van der Waals surface area contributed by atoms with E-state index in [1.54, 1.807) is 12.4 Å². The summed E-state index contributed by atoms with van der Waals surface area (Å²) in [5.41, 5.74) is 3.68. The molecule has 0 saturated carbocycles. The number of hydrogen-bond acceptors (Lipinski definition) is 5. The molecule has 0 unspecified atom stereocenters. The van der Waals surface area contributed by atoms with Crippen LogP contribution in [-0.4, -0.2) is 25.1 Å². The highest BCUT2D eigenvalue weighted by molar-refractivity contribution is 5.61. The molecular weight excluding hydrogens is 252 g/mol. The predicted octanol–water partition coefficient (Wildman–Crippen LogP) is 2.18. The van der Waals surface area contributed by atoms with Crippen LogP contribution in [0.2, 0.25) is 0 Å². The Hall–Kier alpha value is -2.76. The lowest BCUT2D eigenvalue weighted by Gasteiger charge is -2.05. The van der Waals surface area contributed by atoms with E-state index in [0.717, 1.165) is 22.6 Å². The fourth-order valence-corrected chi connectivity index (χ4v) is 1.88. The number of aryl methyl sites for hydroxylation is 1. The van der Waals surface area contributed by atoms with Gasteiger partial charge in [0.25, 0.3) is 0 Å². The molecule has 6 nitrogen and oxygen atoms in total. The Balaban J connectivity index is 1.77. The zero-order valence-corrected chi connectivity index (χ0v) is 11.0. The molecule has 0 radical (unpaired) electrons. The SMILES string of the molecule is Cc1n[nH]cc1-c1ccnc(NCc2ccccn2)n1. The van der Waals surface area contributed by atoms with E-state index in [0.29, 0.717) is 12.5 Å². The summed E-state index contributed by atoms with van der Waals surface area (Å²) in [6.07, 6.45) is 5.33. The third kappa shape index (κ3) is 2.64. The van der Waals surface area contributed by atoms with Gasteiger partial charge in [-0.2, -0.15) is 5.10 Å². The normalized spacial score (nSPS) is 10.4. The molecular formula is C14H14N6. The van der Waals surface area contributed by atoms with Crippen LogP contribution in [0, 0.1) is 6.92 Å². The van der Waals surface area contributed by atoms with Gasteiger partial charge in [-0.1, -0.05) is 6.07 Å². The van der Waals surface area contributed by atoms with Crippen molar-refractivity contribution in [2.45, 2.75) is 13.5 Å². The summed E-state index contributed by atoms with van der Waals surface area (Å²) in [6.45, 7) is 2.53. The summed E-state index contributed by atoms with van der Waals surface area (Å²) < 4.78 is 0. The summed E-state index contributed by atoms with van der Waals surface area (Å²) in [5.74, 6) is 0.578. The molecule has 0 atom stereocenters. The highest BCUT2D eigenvalue weighted by Gasteiger charge is 2.07. The third-order valence-electron chi connectivity index (χ3n) is 2.92. The quantitative estimate of drug-likeness (QED) is 0.756. The van der Waals surface area contributed by atoms with Crippen molar-refractivity contribution < 1.29 is 0 Å². The van der Waals surface area contributed by atoms with Gasteiger partial charge in [-0.3, -0.25) is 10.1 Å². The number of nitrogens with one attached hydrogen (secondary N) is 2. The minimum atomic E-state index is 0.578. The number of hydrogen-bond donors (Lipinski definition) is 2. The number of nitrogens with zero attached hydrogens (tertiary/aromatic N) is 4. The molecule has 20 heavy (non-hydrogen) atoms. The van der Waals surface area contributed by atoms with Crippen molar-refractivity contribution in [1.29, 1.82) is 0 Å². The average molecular weight is 266 g/mol. The van der Waals surface area contributed by atoms with Gasteiger partial charge in [0.05, 0.1) is 23.6 Å². The van der Waals surface area contributed by atoms with Crippen LogP contribution in [-0.2, 0) is 6.54 Å². The van der Waals surface area contributed by atoms with Crippen LogP contribution in [0.4, 0.5) is 5.95 Å². The van der Waals surface area contributed by atoms with E-state index < -0.39 is 0 Å². The molecule has 0 aliphatic heterocycles. The molecule has 3 heterocycles. The predicted molar refractivity (Wildman–Crippen MR) is 75.9 cm³/mol. The largest absolute Gasteiger partial charge is 0.349 e. The molecule has 0 aliphatic rings. The zero-order valence-electron chi connectivity index (χ0n) is 11.0. The summed E-state index contributed by atoms with van der Waals surface area (Å²) in [4.78, 5) is 12.9. The number of pyridine rings is 1. The van der Waals surface area contributed by atoms with Crippen molar-refractivity contribution in [3.8, 4) is 11.3 Å². The molecule has 0 bridgehead atoms. The molecule has 3 aromatic heterocycles. The fourth-order valence-electron chi connectivity index (χ4n) is 1.88. The first-order chi connectivity index (χ1) is 9.83. The van der Waals surface area contributed by atoms with Crippen LogP contribution < -0.4 is 5.32 Å². The molecule has 0 saturated heterocycles. The molecule has 0 fully saturated rings. The molecule has 3 rings (SSSR count). The van der Waals surface area contributed by atoms with Crippen LogP contribution in [0.5, 0.6) is 0 Å². The van der Waals surface area contributed by atoms with E-state index in [4.69, 9.17) is 0 Å². The van der Waals surface area contributed by atoms with Crippen LogP contribution in [0.3, 0.4) is 0 Å². The number of aromatic amines is 1. The number of H-pyrrole nitrogens is 1. The van der Waals surface area contributed by atoms with E-state index in [1.165, 1.54) is 0 Å². The van der Waals surface area contributed by atoms with Gasteiger partial charge in [0.15, 0.2) is 0 Å². The van der Waals surface area contributed by atoms with Crippen LogP contribution in [0.25, 0.3) is 11.3 Å². The lowest BCUT2D eigenvalue weighted by molar-refractivity contribution is 1.00. The second kappa shape index (κ2) is 5.48. The Labute approximate surface area is 116 Å². The van der Waals surface area contributed by atoms with Gasteiger partial charge in [-0.05, 0) is 25.1 Å². The van der Waals surface area contributed by atoms with E-state index in [-0.39, 0.29) is 0 Å². The second-order valence-electron chi connectivity index (χ2n) is 4.32. The molecule has 0 aliphatic carbocycles. The number of anilines is 1. The highest BCUT2D eigenvalue weighted by atomic mass is 15.1. The maximum atomic E-state index is 4.48. The second-order valence-corrected chi connectivity index (χ2v) is 4.32. The van der Waals surface area contributed by atoms with Gasteiger partial charge in [0.1, 0.15) is 0 Å². The topological polar surface area (TPSA) is 79.4 Å². The fraction of sp³-hybridized carbons (Fsp3) is 0.143. The van der Waals surface area contributed by atoms with Gasteiger partial charge in [0.2, 0.25) is 5.95 Å². The Kier molecular flexibility index (Phi) is 3.36. The van der Waals surface area contributed by atoms with Gasteiger partial charge < -0.3 is 5.32 Å². The zero-order chi connectivity index (χ0) is 13.8. The van der Waals surface area contributed by atoms with Crippen LogP contribution in [0.1, 0.15) is 11.4 Å². The third-order valence-corrected chi connectivity index (χ3v) is 2.92. The lowest BCUT2D eigenvalue weighted by atomic mass is 10.2. The molecule has 0 aromatic carbocycles. The van der Waals surface area contributed by atoms with Gasteiger partial charge in [-0.25, -0.2) is 9.97 Å². The van der Waals surface area contributed by atoms with Crippen LogP contribution >= 0.6 is 0 Å². The molecule has 2 N–H and O–H groups in total. The van der Waals surface area contributed by atoms with E-state index in [1.807, 2.05) is 37.4 Å². The Bertz CT molecular complexity index is 692. The summed E-state index contributed by atoms with van der Waals surface area (Å²) in [6, 6.07) is 7.67. The van der Waals surface area contributed by atoms with Crippen molar-refractivity contribution >= 4 is 5.95 Å². The maximum absolute atomic E-state index is 4.48. The van der Waals surface area contributed by atoms with Crippen LogP contribution in [0.15, 0.2) is 42.9 Å². The Morgan fingerprint density at radius 2 is 2.10 bits per heavy atom. The van der Waals surface area contributed by atoms with Crippen molar-refractivity contribution in [2.24, 2.45) is 0 Å². The number of aromatic nitrogens is 5. The van der Waals surface area contributed by atoms with Gasteiger partial charge in [0, 0.05) is 24.2 Å². The molecule has 6 heteroatoms. The minimum Gasteiger partial charge on any atom is -0.349 e. The van der Waals surface area contributed by atoms with E-state index >= 15 is 0 Å².